The van der Waals surface area contributed by atoms with Crippen LogP contribution in [-0.2, 0) is 11.2 Å². The van der Waals surface area contributed by atoms with Crippen molar-refractivity contribution in [3.8, 4) is 6.07 Å². The molecular formula is C20H15FN2O. The predicted octanol–water partition coefficient (Wildman–Crippen LogP) is 3.99. The summed E-state index contributed by atoms with van der Waals surface area (Å²) in [6.45, 7) is 0. The van der Waals surface area contributed by atoms with E-state index in [4.69, 9.17) is 10.5 Å². The highest BCUT2D eigenvalue weighted by Crippen LogP contribution is 2.46. The molecule has 4 rings (SSSR count). The van der Waals surface area contributed by atoms with E-state index < -0.39 is 0 Å². The Kier molecular flexibility index (Phi) is 3.35. The Labute approximate surface area is 139 Å². The molecule has 0 amide bonds. The summed E-state index contributed by atoms with van der Waals surface area (Å²) in [6, 6.07) is 16.5. The first-order chi connectivity index (χ1) is 11.7. The van der Waals surface area contributed by atoms with Gasteiger partial charge in [0.1, 0.15) is 23.2 Å². The van der Waals surface area contributed by atoms with Gasteiger partial charge in [-0.15, -0.1) is 0 Å². The van der Waals surface area contributed by atoms with Gasteiger partial charge in [-0.2, -0.15) is 5.26 Å². The molecule has 24 heavy (non-hydrogen) atoms. The number of ether oxygens (including phenoxy) is 1. The van der Waals surface area contributed by atoms with Crippen molar-refractivity contribution in [2.24, 2.45) is 5.73 Å². The number of allylic oxidation sites excluding steroid dienone is 2. The van der Waals surface area contributed by atoms with Crippen LogP contribution in [-0.4, -0.2) is 0 Å². The summed E-state index contributed by atoms with van der Waals surface area (Å²) in [5, 5.41) is 9.57. The van der Waals surface area contributed by atoms with Crippen LogP contribution in [0.4, 0.5) is 4.39 Å². The first kappa shape index (κ1) is 14.5. The van der Waals surface area contributed by atoms with Crippen LogP contribution in [0.5, 0.6) is 0 Å². The largest absolute Gasteiger partial charge is 0.440 e. The zero-order chi connectivity index (χ0) is 16.7. The number of aryl methyl sites for hydroxylation is 1. The Hall–Kier alpha value is -3.06. The van der Waals surface area contributed by atoms with Gasteiger partial charge in [0.05, 0.1) is 0 Å². The first-order valence-corrected chi connectivity index (χ1v) is 7.83. The van der Waals surface area contributed by atoms with E-state index in [1.807, 2.05) is 18.2 Å². The van der Waals surface area contributed by atoms with Gasteiger partial charge >= 0.3 is 0 Å². The molecule has 1 heterocycles. The number of hydrogen-bond donors (Lipinski definition) is 1. The second-order valence-electron chi connectivity index (χ2n) is 5.99. The van der Waals surface area contributed by atoms with E-state index in [1.54, 1.807) is 12.1 Å². The van der Waals surface area contributed by atoms with Crippen molar-refractivity contribution in [2.45, 2.75) is 18.8 Å². The van der Waals surface area contributed by atoms with Gasteiger partial charge in [0.2, 0.25) is 5.88 Å². The minimum absolute atomic E-state index is 0.127. The van der Waals surface area contributed by atoms with Crippen LogP contribution in [0.25, 0.3) is 5.76 Å². The molecule has 0 bridgehead atoms. The summed E-state index contributed by atoms with van der Waals surface area (Å²) in [7, 11) is 0. The van der Waals surface area contributed by atoms with Gasteiger partial charge in [0, 0.05) is 11.5 Å². The molecule has 0 saturated carbocycles. The molecule has 2 N–H and O–H groups in total. The highest BCUT2D eigenvalue weighted by atomic mass is 19.1. The highest BCUT2D eigenvalue weighted by molar-refractivity contribution is 5.74. The van der Waals surface area contributed by atoms with Gasteiger partial charge in [0.15, 0.2) is 0 Å². The van der Waals surface area contributed by atoms with Crippen molar-refractivity contribution in [3.05, 3.63) is 88.1 Å². The number of rotatable bonds is 1. The number of nitriles is 1. The van der Waals surface area contributed by atoms with E-state index in [1.165, 1.54) is 17.7 Å². The molecule has 4 heteroatoms. The Morgan fingerprint density at radius 2 is 1.83 bits per heavy atom. The summed E-state index contributed by atoms with van der Waals surface area (Å²) >= 11 is 0. The molecule has 118 valence electrons. The van der Waals surface area contributed by atoms with Crippen LogP contribution in [0, 0.1) is 17.1 Å². The molecule has 2 aromatic carbocycles. The van der Waals surface area contributed by atoms with Crippen LogP contribution in [0.1, 0.15) is 29.0 Å². The van der Waals surface area contributed by atoms with Gasteiger partial charge in [-0.3, -0.25) is 0 Å². The zero-order valence-electron chi connectivity index (χ0n) is 12.9. The SMILES string of the molecule is N#CC1=C(N)OC2=C(CCc3ccccc32)C1c1ccc(F)cc1. The van der Waals surface area contributed by atoms with Gasteiger partial charge in [-0.05, 0) is 41.7 Å². The van der Waals surface area contributed by atoms with Crippen molar-refractivity contribution in [1.82, 2.24) is 0 Å². The molecule has 0 fully saturated rings. The third-order valence-corrected chi connectivity index (χ3v) is 4.66. The van der Waals surface area contributed by atoms with Crippen molar-refractivity contribution in [1.29, 1.82) is 5.26 Å². The monoisotopic (exact) mass is 318 g/mol. The number of fused-ring (bicyclic) bond motifs is 2. The number of benzene rings is 2. The smallest absolute Gasteiger partial charge is 0.205 e. The minimum Gasteiger partial charge on any atom is -0.440 e. The summed E-state index contributed by atoms with van der Waals surface area (Å²) in [5.41, 5.74) is 10.5. The lowest BCUT2D eigenvalue weighted by Crippen LogP contribution is -2.23. The quantitative estimate of drug-likeness (QED) is 0.865. The average Bonchev–Trinajstić information content (AvgIpc) is 2.61. The van der Waals surface area contributed by atoms with E-state index in [-0.39, 0.29) is 17.6 Å². The third-order valence-electron chi connectivity index (χ3n) is 4.66. The molecule has 3 nitrogen and oxygen atoms in total. The predicted molar refractivity (Wildman–Crippen MR) is 88.7 cm³/mol. The van der Waals surface area contributed by atoms with Crippen LogP contribution >= 0.6 is 0 Å². The third kappa shape index (κ3) is 2.17. The number of hydrogen-bond acceptors (Lipinski definition) is 3. The second-order valence-corrected chi connectivity index (χ2v) is 5.99. The summed E-state index contributed by atoms with van der Waals surface area (Å²) in [4.78, 5) is 0. The maximum Gasteiger partial charge on any atom is 0.205 e. The zero-order valence-corrected chi connectivity index (χ0v) is 12.9. The average molecular weight is 318 g/mol. The molecule has 2 aliphatic rings. The lowest BCUT2D eigenvalue weighted by molar-refractivity contribution is 0.349. The van der Waals surface area contributed by atoms with Crippen molar-refractivity contribution >= 4 is 5.76 Å². The molecule has 0 spiro atoms. The maximum absolute atomic E-state index is 13.3. The van der Waals surface area contributed by atoms with Gasteiger partial charge < -0.3 is 10.5 Å². The van der Waals surface area contributed by atoms with Crippen LogP contribution < -0.4 is 5.73 Å². The lowest BCUT2D eigenvalue weighted by atomic mass is 9.76. The molecule has 1 aliphatic heterocycles. The first-order valence-electron chi connectivity index (χ1n) is 7.83. The van der Waals surface area contributed by atoms with Crippen LogP contribution in [0.15, 0.2) is 65.6 Å². The van der Waals surface area contributed by atoms with Crippen LogP contribution in [0.2, 0.25) is 0 Å². The highest BCUT2D eigenvalue weighted by Gasteiger charge is 2.35. The van der Waals surface area contributed by atoms with Gasteiger partial charge in [-0.25, -0.2) is 4.39 Å². The molecular weight excluding hydrogens is 303 g/mol. The van der Waals surface area contributed by atoms with Crippen LogP contribution in [0.3, 0.4) is 0 Å². The molecule has 1 atom stereocenters. The second kappa shape index (κ2) is 5.54. The fourth-order valence-corrected chi connectivity index (χ4v) is 3.54. The summed E-state index contributed by atoms with van der Waals surface area (Å²) in [6.07, 6.45) is 1.67. The Balaban J connectivity index is 1.91. The molecule has 0 aromatic heterocycles. The lowest BCUT2D eigenvalue weighted by Gasteiger charge is -2.33. The Morgan fingerprint density at radius 3 is 2.58 bits per heavy atom. The molecule has 0 radical (unpaired) electrons. The van der Waals surface area contributed by atoms with E-state index in [2.05, 4.69) is 12.1 Å². The van der Waals surface area contributed by atoms with Crippen molar-refractivity contribution in [2.75, 3.05) is 0 Å². The molecule has 1 aliphatic carbocycles. The van der Waals surface area contributed by atoms with Gasteiger partial charge in [0.25, 0.3) is 0 Å². The van der Waals surface area contributed by atoms with Crippen molar-refractivity contribution < 1.29 is 9.13 Å². The summed E-state index contributed by atoms with van der Waals surface area (Å²) in [5.74, 6) is 0.280. The Bertz CT molecular complexity index is 919. The van der Waals surface area contributed by atoms with E-state index >= 15 is 0 Å². The normalized spacial score (nSPS) is 19.2. The molecule has 2 aromatic rings. The standard InChI is InChI=1S/C20H15FN2O/c21-14-8-5-13(6-9-14)18-16-10-7-12-3-1-2-4-15(12)19(16)24-20(23)17(18)11-22/h1-6,8-9,18H,7,10,23H2. The van der Waals surface area contributed by atoms with E-state index in [0.29, 0.717) is 5.57 Å². The van der Waals surface area contributed by atoms with E-state index in [0.717, 1.165) is 35.3 Å². The number of nitrogens with two attached hydrogens (primary N) is 1. The fraction of sp³-hybridized carbons (Fsp3) is 0.150. The minimum atomic E-state index is -0.301. The summed E-state index contributed by atoms with van der Waals surface area (Å²) < 4.78 is 19.1. The fourth-order valence-electron chi connectivity index (χ4n) is 3.54. The Morgan fingerprint density at radius 1 is 1.08 bits per heavy atom. The van der Waals surface area contributed by atoms with Crippen molar-refractivity contribution in [3.63, 3.8) is 0 Å². The van der Waals surface area contributed by atoms with E-state index in [9.17, 15) is 9.65 Å². The number of halogens is 1. The number of nitrogens with zero attached hydrogens (tertiary/aromatic N) is 1. The molecule has 0 saturated heterocycles. The maximum atomic E-state index is 13.3. The molecule has 1 unspecified atom stereocenters. The topological polar surface area (TPSA) is 59.0 Å². The van der Waals surface area contributed by atoms with Gasteiger partial charge in [-0.1, -0.05) is 36.4 Å².